The molecule has 1 N–H and O–H groups in total. The van der Waals surface area contributed by atoms with Crippen LogP contribution in [0.4, 0.5) is 8.78 Å². The molecule has 0 unspecified atom stereocenters. The van der Waals surface area contributed by atoms with Crippen molar-refractivity contribution in [2.24, 2.45) is 4.99 Å². The molecule has 0 aromatic heterocycles. The van der Waals surface area contributed by atoms with Crippen molar-refractivity contribution < 1.29 is 18.3 Å². The lowest BCUT2D eigenvalue weighted by molar-refractivity contribution is -0.0498. The van der Waals surface area contributed by atoms with Gasteiger partial charge in [0, 0.05) is 46.8 Å². The number of benzene rings is 2. The fourth-order valence-electron chi connectivity index (χ4n) is 2.71. The predicted octanol–water partition coefficient (Wildman–Crippen LogP) is 3.20. The highest BCUT2D eigenvalue weighted by molar-refractivity contribution is 5.93. The maximum Gasteiger partial charge on any atom is 0.387 e. The monoisotopic (exact) mass is 404 g/mol. The zero-order chi connectivity index (χ0) is 21.4. The number of guanidine groups is 1. The summed E-state index contributed by atoms with van der Waals surface area (Å²) in [4.78, 5) is 19.7. The Bertz CT molecular complexity index is 822. The number of alkyl halides is 2. The van der Waals surface area contributed by atoms with Gasteiger partial charge in [0.2, 0.25) is 0 Å². The Morgan fingerprint density at radius 3 is 2.14 bits per heavy atom. The molecule has 2 rings (SSSR count). The van der Waals surface area contributed by atoms with Gasteiger partial charge in [-0.15, -0.1) is 0 Å². The fourth-order valence-corrected chi connectivity index (χ4v) is 2.71. The van der Waals surface area contributed by atoms with Crippen LogP contribution in [0.2, 0.25) is 0 Å². The third kappa shape index (κ3) is 6.74. The lowest BCUT2D eigenvalue weighted by atomic mass is 10.1. The van der Waals surface area contributed by atoms with Crippen molar-refractivity contribution in [3.05, 3.63) is 65.2 Å². The van der Waals surface area contributed by atoms with E-state index >= 15 is 0 Å². The molecule has 0 aliphatic rings. The highest BCUT2D eigenvalue weighted by Gasteiger charge is 2.10. The van der Waals surface area contributed by atoms with E-state index in [0.29, 0.717) is 24.6 Å². The molecule has 0 radical (unpaired) electrons. The molecule has 0 saturated heterocycles. The third-order valence-corrected chi connectivity index (χ3v) is 4.20. The van der Waals surface area contributed by atoms with Gasteiger partial charge in [0.1, 0.15) is 5.75 Å². The Balaban J connectivity index is 1.91. The van der Waals surface area contributed by atoms with Crippen LogP contribution in [-0.2, 0) is 13.1 Å². The van der Waals surface area contributed by atoms with Crippen LogP contribution in [0.15, 0.2) is 53.5 Å². The average molecular weight is 404 g/mol. The topological polar surface area (TPSA) is 57.2 Å². The van der Waals surface area contributed by atoms with E-state index in [2.05, 4.69) is 15.0 Å². The second-order valence-corrected chi connectivity index (χ2v) is 6.68. The summed E-state index contributed by atoms with van der Waals surface area (Å²) in [6.07, 6.45) is 0. The summed E-state index contributed by atoms with van der Waals surface area (Å²) < 4.78 is 28.8. The predicted molar refractivity (Wildman–Crippen MR) is 109 cm³/mol. The number of nitrogens with zero attached hydrogens (tertiary/aromatic N) is 3. The molecule has 0 aliphatic carbocycles. The summed E-state index contributed by atoms with van der Waals surface area (Å²) in [6.45, 7) is -1.74. The number of hydrogen-bond acceptors (Lipinski definition) is 3. The number of amides is 1. The smallest absolute Gasteiger partial charge is 0.387 e. The number of ether oxygens (including phenoxy) is 1. The summed E-state index contributed by atoms with van der Waals surface area (Å²) >= 11 is 0. The van der Waals surface area contributed by atoms with E-state index in [1.54, 1.807) is 45.4 Å². The highest BCUT2D eigenvalue weighted by atomic mass is 19.3. The number of nitrogens with one attached hydrogen (secondary N) is 1. The molecule has 2 aromatic carbocycles. The van der Waals surface area contributed by atoms with Crippen LogP contribution in [0, 0.1) is 0 Å². The van der Waals surface area contributed by atoms with Crippen molar-refractivity contribution in [1.82, 2.24) is 15.1 Å². The lowest BCUT2D eigenvalue weighted by Gasteiger charge is -2.22. The van der Waals surface area contributed by atoms with E-state index in [0.717, 1.165) is 11.1 Å². The molecule has 2 aromatic rings. The number of carbonyl (C=O) groups is 1. The van der Waals surface area contributed by atoms with Gasteiger partial charge in [-0.3, -0.25) is 9.79 Å². The van der Waals surface area contributed by atoms with Gasteiger partial charge in [-0.1, -0.05) is 24.3 Å². The molecule has 0 saturated carbocycles. The number of halogens is 2. The van der Waals surface area contributed by atoms with E-state index in [1.807, 2.05) is 24.1 Å². The molecule has 0 fully saturated rings. The van der Waals surface area contributed by atoms with Crippen LogP contribution in [0.3, 0.4) is 0 Å². The minimum absolute atomic E-state index is 0.0370. The number of hydrogen-bond donors (Lipinski definition) is 1. The van der Waals surface area contributed by atoms with E-state index in [1.165, 1.54) is 17.0 Å². The Kier molecular flexibility index (Phi) is 7.94. The minimum atomic E-state index is -2.83. The first-order valence-electron chi connectivity index (χ1n) is 9.06. The molecule has 0 aliphatic heterocycles. The normalized spacial score (nSPS) is 11.3. The summed E-state index contributed by atoms with van der Waals surface area (Å²) in [5.74, 6) is 0.779. The van der Waals surface area contributed by atoms with Crippen LogP contribution in [0.1, 0.15) is 21.5 Å². The second kappa shape index (κ2) is 10.4. The zero-order valence-electron chi connectivity index (χ0n) is 17.0. The molecule has 0 heterocycles. The van der Waals surface area contributed by atoms with Gasteiger partial charge in [-0.05, 0) is 35.4 Å². The quantitative estimate of drug-likeness (QED) is 0.569. The molecular weight excluding hydrogens is 378 g/mol. The van der Waals surface area contributed by atoms with Crippen molar-refractivity contribution in [2.45, 2.75) is 19.7 Å². The minimum Gasteiger partial charge on any atom is -0.435 e. The van der Waals surface area contributed by atoms with Gasteiger partial charge in [-0.25, -0.2) is 0 Å². The number of rotatable bonds is 7. The molecule has 29 heavy (non-hydrogen) atoms. The maximum atomic E-state index is 12.2. The Labute approximate surface area is 169 Å². The lowest BCUT2D eigenvalue weighted by Crippen LogP contribution is -2.38. The number of aliphatic imine (C=N–C) groups is 1. The van der Waals surface area contributed by atoms with Gasteiger partial charge < -0.3 is 19.9 Å². The fraction of sp³-hybridized carbons (Fsp3) is 0.333. The van der Waals surface area contributed by atoms with Crippen molar-refractivity contribution in [3.8, 4) is 5.75 Å². The van der Waals surface area contributed by atoms with Gasteiger partial charge in [-0.2, -0.15) is 8.78 Å². The van der Waals surface area contributed by atoms with E-state index in [9.17, 15) is 13.6 Å². The molecule has 0 spiro atoms. The molecule has 156 valence electrons. The number of carbonyl (C=O) groups excluding carboxylic acids is 1. The van der Waals surface area contributed by atoms with E-state index in [4.69, 9.17) is 0 Å². The Morgan fingerprint density at radius 1 is 1.03 bits per heavy atom. The Hall–Kier alpha value is -3.16. The summed E-state index contributed by atoms with van der Waals surface area (Å²) in [7, 11) is 7.02. The summed E-state index contributed by atoms with van der Waals surface area (Å²) in [6, 6.07) is 13.9. The zero-order valence-corrected chi connectivity index (χ0v) is 17.0. The van der Waals surface area contributed by atoms with Gasteiger partial charge in [0.25, 0.3) is 5.91 Å². The molecule has 0 atom stereocenters. The van der Waals surface area contributed by atoms with Crippen LogP contribution in [0.5, 0.6) is 5.75 Å². The van der Waals surface area contributed by atoms with Crippen LogP contribution in [0.25, 0.3) is 0 Å². The van der Waals surface area contributed by atoms with Gasteiger partial charge in [0.05, 0.1) is 0 Å². The van der Waals surface area contributed by atoms with E-state index < -0.39 is 6.61 Å². The average Bonchev–Trinajstić information content (AvgIpc) is 2.69. The molecule has 0 bridgehead atoms. The third-order valence-electron chi connectivity index (χ3n) is 4.20. The summed E-state index contributed by atoms with van der Waals surface area (Å²) in [5, 5.41) is 3.27. The largest absolute Gasteiger partial charge is 0.435 e. The van der Waals surface area contributed by atoms with Crippen molar-refractivity contribution in [2.75, 3.05) is 28.2 Å². The second-order valence-electron chi connectivity index (χ2n) is 6.68. The first kappa shape index (κ1) is 22.1. The standard InChI is InChI=1S/C21H26F2N4O2/c1-24-21(25-13-15-5-9-17(10-6-15)19(28)26(2)3)27(4)14-16-7-11-18(12-8-16)29-20(22)23/h5-12,20H,13-14H2,1-4H3,(H,24,25). The van der Waals surface area contributed by atoms with Gasteiger partial charge >= 0.3 is 6.61 Å². The molecule has 1 amide bonds. The highest BCUT2D eigenvalue weighted by Crippen LogP contribution is 2.16. The van der Waals surface area contributed by atoms with Crippen molar-refractivity contribution in [1.29, 1.82) is 0 Å². The Morgan fingerprint density at radius 2 is 1.62 bits per heavy atom. The van der Waals surface area contributed by atoms with E-state index in [-0.39, 0.29) is 11.7 Å². The first-order chi connectivity index (χ1) is 13.8. The first-order valence-corrected chi connectivity index (χ1v) is 9.06. The van der Waals surface area contributed by atoms with Crippen LogP contribution in [-0.4, -0.2) is 56.5 Å². The molecule has 8 heteroatoms. The molecular formula is C21H26F2N4O2. The maximum absolute atomic E-state index is 12.2. The van der Waals surface area contributed by atoms with Crippen LogP contribution < -0.4 is 10.1 Å². The summed E-state index contributed by atoms with van der Waals surface area (Å²) in [5.41, 5.74) is 2.59. The molecule has 6 nitrogen and oxygen atoms in total. The SMILES string of the molecule is CN=C(NCc1ccc(C(=O)N(C)C)cc1)N(C)Cc1ccc(OC(F)F)cc1. The van der Waals surface area contributed by atoms with Gasteiger partial charge in [0.15, 0.2) is 5.96 Å². The van der Waals surface area contributed by atoms with Crippen molar-refractivity contribution >= 4 is 11.9 Å². The van der Waals surface area contributed by atoms with Crippen LogP contribution >= 0.6 is 0 Å². The van der Waals surface area contributed by atoms with Crippen molar-refractivity contribution in [3.63, 3.8) is 0 Å².